The SMILES string of the molecule is Cc1cc(C(N)=S)ccc1CN1CCCCC1C. The van der Waals surface area contributed by atoms with Gasteiger partial charge in [-0.1, -0.05) is 30.8 Å². The van der Waals surface area contributed by atoms with Gasteiger partial charge in [-0.05, 0) is 50.4 Å². The van der Waals surface area contributed by atoms with Crippen LogP contribution in [0.15, 0.2) is 18.2 Å². The molecule has 1 atom stereocenters. The maximum Gasteiger partial charge on any atom is 0.103 e. The lowest BCUT2D eigenvalue weighted by Gasteiger charge is -2.33. The summed E-state index contributed by atoms with van der Waals surface area (Å²) < 4.78 is 0. The molecular weight excluding hydrogens is 240 g/mol. The normalized spacial score (nSPS) is 20.9. The van der Waals surface area contributed by atoms with E-state index in [4.69, 9.17) is 18.0 Å². The van der Waals surface area contributed by atoms with E-state index >= 15 is 0 Å². The van der Waals surface area contributed by atoms with Crippen molar-refractivity contribution < 1.29 is 0 Å². The number of nitrogens with zero attached hydrogens (tertiary/aromatic N) is 1. The van der Waals surface area contributed by atoms with Gasteiger partial charge in [0.15, 0.2) is 0 Å². The lowest BCUT2D eigenvalue weighted by atomic mass is 10.00. The average Bonchev–Trinajstić information content (AvgIpc) is 2.34. The lowest BCUT2D eigenvalue weighted by Crippen LogP contribution is -2.36. The Morgan fingerprint density at radius 3 is 2.83 bits per heavy atom. The second-order valence-corrected chi connectivity index (χ2v) is 5.76. The fourth-order valence-electron chi connectivity index (χ4n) is 2.64. The van der Waals surface area contributed by atoms with Gasteiger partial charge in [-0.2, -0.15) is 0 Å². The van der Waals surface area contributed by atoms with Gasteiger partial charge in [0.2, 0.25) is 0 Å². The molecule has 0 amide bonds. The summed E-state index contributed by atoms with van der Waals surface area (Å²) in [5.41, 5.74) is 9.31. The molecule has 1 unspecified atom stereocenters. The molecule has 1 aliphatic heterocycles. The van der Waals surface area contributed by atoms with Crippen molar-refractivity contribution in [3.05, 3.63) is 34.9 Å². The Kier molecular flexibility index (Phi) is 4.36. The minimum atomic E-state index is 0.482. The molecule has 1 heterocycles. The van der Waals surface area contributed by atoms with Crippen LogP contribution in [0.25, 0.3) is 0 Å². The summed E-state index contributed by atoms with van der Waals surface area (Å²) in [7, 11) is 0. The van der Waals surface area contributed by atoms with Crippen molar-refractivity contribution in [2.75, 3.05) is 6.54 Å². The van der Waals surface area contributed by atoms with Gasteiger partial charge in [0.05, 0.1) is 0 Å². The molecule has 1 fully saturated rings. The van der Waals surface area contributed by atoms with Crippen molar-refractivity contribution in [1.29, 1.82) is 0 Å². The predicted octanol–water partition coefficient (Wildman–Crippen LogP) is 3.00. The largest absolute Gasteiger partial charge is 0.389 e. The first kappa shape index (κ1) is 13.5. The zero-order valence-corrected chi connectivity index (χ0v) is 12.1. The Morgan fingerprint density at radius 1 is 1.44 bits per heavy atom. The summed E-state index contributed by atoms with van der Waals surface area (Å²) in [6.07, 6.45) is 4.02. The third-order valence-corrected chi connectivity index (χ3v) is 4.18. The number of hydrogen-bond acceptors (Lipinski definition) is 2. The van der Waals surface area contributed by atoms with E-state index in [2.05, 4.69) is 30.9 Å². The van der Waals surface area contributed by atoms with Gasteiger partial charge in [-0.25, -0.2) is 0 Å². The number of aryl methyl sites for hydroxylation is 1. The monoisotopic (exact) mass is 262 g/mol. The van der Waals surface area contributed by atoms with Crippen LogP contribution in [-0.2, 0) is 6.54 Å². The number of thiocarbonyl (C=S) groups is 1. The van der Waals surface area contributed by atoms with E-state index in [1.54, 1.807) is 0 Å². The fraction of sp³-hybridized carbons (Fsp3) is 0.533. The molecule has 0 aromatic heterocycles. The van der Waals surface area contributed by atoms with Crippen molar-refractivity contribution >= 4 is 17.2 Å². The minimum absolute atomic E-state index is 0.482. The lowest BCUT2D eigenvalue weighted by molar-refractivity contribution is 0.152. The summed E-state index contributed by atoms with van der Waals surface area (Å²) in [5.74, 6) is 0. The average molecular weight is 262 g/mol. The standard InChI is InChI=1S/C15H22N2S/c1-11-9-13(15(16)18)6-7-14(11)10-17-8-4-3-5-12(17)2/h6-7,9,12H,3-5,8,10H2,1-2H3,(H2,16,18). The molecule has 98 valence electrons. The summed E-state index contributed by atoms with van der Waals surface area (Å²) in [6.45, 7) is 6.74. The Bertz CT molecular complexity index is 442. The first-order valence-corrected chi connectivity index (χ1v) is 7.12. The van der Waals surface area contributed by atoms with E-state index in [0.29, 0.717) is 11.0 Å². The van der Waals surface area contributed by atoms with E-state index in [0.717, 1.165) is 12.1 Å². The quantitative estimate of drug-likeness (QED) is 0.849. The highest BCUT2D eigenvalue weighted by molar-refractivity contribution is 7.80. The third-order valence-electron chi connectivity index (χ3n) is 3.94. The maximum atomic E-state index is 5.66. The summed E-state index contributed by atoms with van der Waals surface area (Å²) in [6, 6.07) is 7.02. The molecule has 2 N–H and O–H groups in total. The van der Waals surface area contributed by atoms with Crippen molar-refractivity contribution in [3.8, 4) is 0 Å². The number of hydrogen-bond donors (Lipinski definition) is 1. The van der Waals surface area contributed by atoms with E-state index in [1.807, 2.05) is 6.07 Å². The van der Waals surface area contributed by atoms with Gasteiger partial charge in [0, 0.05) is 18.2 Å². The molecule has 1 saturated heterocycles. The van der Waals surface area contributed by atoms with E-state index in [1.165, 1.54) is 36.9 Å². The van der Waals surface area contributed by atoms with E-state index < -0.39 is 0 Å². The molecule has 0 bridgehead atoms. The zero-order valence-electron chi connectivity index (χ0n) is 11.3. The fourth-order valence-corrected chi connectivity index (χ4v) is 2.76. The third kappa shape index (κ3) is 3.09. The van der Waals surface area contributed by atoms with Crippen LogP contribution < -0.4 is 5.73 Å². The molecule has 0 saturated carbocycles. The number of likely N-dealkylation sites (tertiary alicyclic amines) is 1. The molecule has 0 aliphatic carbocycles. The summed E-state index contributed by atoms with van der Waals surface area (Å²) in [5, 5.41) is 0. The molecule has 0 radical (unpaired) electrons. The molecule has 2 rings (SSSR count). The van der Waals surface area contributed by atoms with Gasteiger partial charge < -0.3 is 5.73 Å². The molecule has 2 nitrogen and oxygen atoms in total. The highest BCUT2D eigenvalue weighted by Gasteiger charge is 2.18. The van der Waals surface area contributed by atoms with Crippen LogP contribution in [-0.4, -0.2) is 22.5 Å². The predicted molar refractivity (Wildman–Crippen MR) is 80.8 cm³/mol. The number of benzene rings is 1. The van der Waals surface area contributed by atoms with Crippen molar-refractivity contribution in [3.63, 3.8) is 0 Å². The summed E-state index contributed by atoms with van der Waals surface area (Å²) in [4.78, 5) is 3.06. The molecule has 1 aromatic rings. The molecule has 18 heavy (non-hydrogen) atoms. The summed E-state index contributed by atoms with van der Waals surface area (Å²) >= 11 is 5.01. The van der Waals surface area contributed by atoms with Crippen molar-refractivity contribution in [2.45, 2.75) is 45.7 Å². The second-order valence-electron chi connectivity index (χ2n) is 5.32. The Morgan fingerprint density at radius 2 is 2.22 bits per heavy atom. The van der Waals surface area contributed by atoms with Crippen molar-refractivity contribution in [1.82, 2.24) is 4.90 Å². The minimum Gasteiger partial charge on any atom is -0.389 e. The van der Waals surface area contributed by atoms with Crippen LogP contribution in [0.5, 0.6) is 0 Å². The molecule has 0 spiro atoms. The Hall–Kier alpha value is -0.930. The van der Waals surface area contributed by atoms with Gasteiger partial charge in [-0.15, -0.1) is 0 Å². The van der Waals surface area contributed by atoms with E-state index in [-0.39, 0.29) is 0 Å². The highest BCUT2D eigenvalue weighted by atomic mass is 32.1. The van der Waals surface area contributed by atoms with Gasteiger partial charge in [0.1, 0.15) is 4.99 Å². The van der Waals surface area contributed by atoms with E-state index in [9.17, 15) is 0 Å². The number of rotatable bonds is 3. The van der Waals surface area contributed by atoms with Crippen LogP contribution in [0.1, 0.15) is 42.9 Å². The van der Waals surface area contributed by atoms with Gasteiger partial charge in [-0.3, -0.25) is 4.90 Å². The molecule has 1 aliphatic rings. The van der Waals surface area contributed by atoms with Crippen LogP contribution in [0, 0.1) is 6.92 Å². The van der Waals surface area contributed by atoms with Crippen LogP contribution in [0.3, 0.4) is 0 Å². The molecule has 3 heteroatoms. The van der Waals surface area contributed by atoms with Gasteiger partial charge in [0.25, 0.3) is 0 Å². The second kappa shape index (κ2) is 5.81. The molecular formula is C15H22N2S. The first-order chi connectivity index (χ1) is 8.58. The van der Waals surface area contributed by atoms with Crippen LogP contribution in [0.2, 0.25) is 0 Å². The number of nitrogens with two attached hydrogens (primary N) is 1. The number of piperidine rings is 1. The topological polar surface area (TPSA) is 29.3 Å². The van der Waals surface area contributed by atoms with Crippen molar-refractivity contribution in [2.24, 2.45) is 5.73 Å². The Balaban J connectivity index is 2.11. The first-order valence-electron chi connectivity index (χ1n) is 6.71. The Labute approximate surface area is 115 Å². The molecule has 1 aromatic carbocycles. The highest BCUT2D eigenvalue weighted by Crippen LogP contribution is 2.21. The van der Waals surface area contributed by atoms with Crippen LogP contribution in [0.4, 0.5) is 0 Å². The van der Waals surface area contributed by atoms with Crippen LogP contribution >= 0.6 is 12.2 Å². The maximum absolute atomic E-state index is 5.66. The van der Waals surface area contributed by atoms with Gasteiger partial charge >= 0.3 is 0 Å². The smallest absolute Gasteiger partial charge is 0.103 e. The zero-order chi connectivity index (χ0) is 13.1.